The Morgan fingerprint density at radius 2 is 2.05 bits per heavy atom. The average molecular weight is 299 g/mol. The Hall–Kier alpha value is -1.85. The van der Waals surface area contributed by atoms with Crippen LogP contribution in [0.4, 0.5) is 13.2 Å². The molecule has 0 atom stereocenters. The molecule has 0 saturated carbocycles. The van der Waals surface area contributed by atoms with Crippen LogP contribution in [0.1, 0.15) is 48.7 Å². The maximum absolute atomic E-state index is 12.9. The number of benzene rings is 1. The molecule has 2 rings (SSSR count). The minimum atomic E-state index is -4.47. The van der Waals surface area contributed by atoms with Crippen molar-refractivity contribution in [2.45, 2.75) is 38.9 Å². The van der Waals surface area contributed by atoms with Crippen molar-refractivity contribution >= 4 is 11.7 Å². The Bertz CT molecular complexity index is 603. The summed E-state index contributed by atoms with van der Waals surface area (Å²) in [5.41, 5.74) is -0.999. The number of nitrogens with zero attached hydrogens (tertiary/aromatic N) is 1. The second-order valence-corrected chi connectivity index (χ2v) is 5.55. The van der Waals surface area contributed by atoms with Gasteiger partial charge in [-0.1, -0.05) is 13.0 Å². The maximum Gasteiger partial charge on any atom is 0.416 e. The number of carbonyl (C=O) groups is 1. The van der Waals surface area contributed by atoms with Gasteiger partial charge in [-0.25, -0.2) is 4.99 Å². The predicted molar refractivity (Wildman–Crippen MR) is 72.6 cm³/mol. The van der Waals surface area contributed by atoms with Crippen LogP contribution >= 0.6 is 0 Å². The number of ether oxygens (including phenoxy) is 1. The third kappa shape index (κ3) is 3.25. The first-order chi connectivity index (χ1) is 9.64. The highest BCUT2D eigenvalue weighted by molar-refractivity contribution is 6.08. The molecule has 0 N–H and O–H groups in total. The molecule has 21 heavy (non-hydrogen) atoms. The quantitative estimate of drug-likeness (QED) is 0.795. The van der Waals surface area contributed by atoms with E-state index in [9.17, 15) is 18.0 Å². The highest BCUT2D eigenvalue weighted by atomic mass is 19.4. The van der Waals surface area contributed by atoms with E-state index in [0.717, 1.165) is 12.1 Å². The van der Waals surface area contributed by atoms with E-state index in [1.165, 1.54) is 6.07 Å². The average Bonchev–Trinajstić information content (AvgIpc) is 2.76. The van der Waals surface area contributed by atoms with Gasteiger partial charge < -0.3 is 4.74 Å². The normalized spacial score (nSPS) is 17.3. The van der Waals surface area contributed by atoms with Crippen molar-refractivity contribution in [2.24, 2.45) is 4.99 Å². The van der Waals surface area contributed by atoms with E-state index in [1.807, 2.05) is 13.8 Å². The van der Waals surface area contributed by atoms with Crippen LogP contribution in [0.5, 0.6) is 0 Å². The number of halogens is 3. The standard InChI is InChI=1S/C15H16F3NO2/c1-4-12(20)10-6-5-9(15(16,17)18)7-11(10)13-19-14(2,3)8-21-13/h5-7H,4,8H2,1-3H3. The van der Waals surface area contributed by atoms with Crippen molar-refractivity contribution < 1.29 is 22.7 Å². The zero-order valence-electron chi connectivity index (χ0n) is 12.0. The molecule has 114 valence electrons. The molecule has 0 spiro atoms. The number of alkyl halides is 3. The molecule has 3 nitrogen and oxygen atoms in total. The van der Waals surface area contributed by atoms with E-state index in [-0.39, 0.29) is 35.8 Å². The first-order valence-corrected chi connectivity index (χ1v) is 6.61. The summed E-state index contributed by atoms with van der Waals surface area (Å²) < 4.78 is 44.0. The zero-order chi connectivity index (χ0) is 15.8. The number of rotatable bonds is 3. The largest absolute Gasteiger partial charge is 0.475 e. The third-order valence-electron chi connectivity index (χ3n) is 3.17. The Morgan fingerprint density at radius 1 is 1.38 bits per heavy atom. The number of hydrogen-bond donors (Lipinski definition) is 0. The molecule has 0 amide bonds. The molecule has 0 aromatic heterocycles. The lowest BCUT2D eigenvalue weighted by Gasteiger charge is -2.12. The Labute approximate surface area is 120 Å². The van der Waals surface area contributed by atoms with Gasteiger partial charge in [0, 0.05) is 17.5 Å². The highest BCUT2D eigenvalue weighted by Gasteiger charge is 2.34. The smallest absolute Gasteiger partial charge is 0.416 e. The van der Waals surface area contributed by atoms with Crippen molar-refractivity contribution in [3.63, 3.8) is 0 Å². The fourth-order valence-corrected chi connectivity index (χ4v) is 2.05. The summed E-state index contributed by atoms with van der Waals surface area (Å²) in [6, 6.07) is 3.04. The summed E-state index contributed by atoms with van der Waals surface area (Å²) in [5.74, 6) is -0.141. The molecule has 1 aliphatic rings. The minimum absolute atomic E-state index is 0.0999. The number of ketones is 1. The van der Waals surface area contributed by atoms with E-state index < -0.39 is 17.3 Å². The van der Waals surface area contributed by atoms with Gasteiger partial charge in [0.1, 0.15) is 6.61 Å². The van der Waals surface area contributed by atoms with Gasteiger partial charge >= 0.3 is 6.18 Å². The van der Waals surface area contributed by atoms with Crippen LogP contribution < -0.4 is 0 Å². The third-order valence-corrected chi connectivity index (χ3v) is 3.17. The summed E-state index contributed by atoms with van der Waals surface area (Å²) in [6.45, 7) is 5.56. The van der Waals surface area contributed by atoms with E-state index in [1.54, 1.807) is 6.92 Å². The zero-order valence-corrected chi connectivity index (χ0v) is 12.0. The van der Waals surface area contributed by atoms with Crippen molar-refractivity contribution in [2.75, 3.05) is 6.61 Å². The van der Waals surface area contributed by atoms with Gasteiger partial charge in [-0.2, -0.15) is 13.2 Å². The molecule has 1 aromatic carbocycles. The lowest BCUT2D eigenvalue weighted by Crippen LogP contribution is -2.17. The number of hydrogen-bond acceptors (Lipinski definition) is 3. The second kappa shape index (κ2) is 5.16. The van der Waals surface area contributed by atoms with Crippen LogP contribution in [-0.4, -0.2) is 23.8 Å². The van der Waals surface area contributed by atoms with Crippen molar-refractivity contribution in [3.05, 3.63) is 34.9 Å². The molecule has 0 unspecified atom stereocenters. The second-order valence-electron chi connectivity index (χ2n) is 5.55. The molecule has 0 bridgehead atoms. The Kier molecular flexibility index (Phi) is 3.82. The van der Waals surface area contributed by atoms with Crippen LogP contribution in [0.15, 0.2) is 23.2 Å². The molecule has 1 heterocycles. The molecule has 0 aliphatic carbocycles. The van der Waals surface area contributed by atoms with Gasteiger partial charge in [0.25, 0.3) is 0 Å². The van der Waals surface area contributed by atoms with E-state index >= 15 is 0 Å². The van der Waals surface area contributed by atoms with E-state index in [0.29, 0.717) is 0 Å². The summed E-state index contributed by atoms with van der Waals surface area (Å²) in [7, 11) is 0. The maximum atomic E-state index is 12.9. The molecular weight excluding hydrogens is 283 g/mol. The predicted octanol–water partition coefficient (Wildman–Crippen LogP) is 3.85. The lowest BCUT2D eigenvalue weighted by atomic mass is 9.98. The van der Waals surface area contributed by atoms with Gasteiger partial charge in [-0.3, -0.25) is 4.79 Å². The molecular formula is C15H16F3NO2. The van der Waals surface area contributed by atoms with E-state index in [4.69, 9.17) is 4.74 Å². The first kappa shape index (κ1) is 15.5. The fourth-order valence-electron chi connectivity index (χ4n) is 2.05. The topological polar surface area (TPSA) is 38.7 Å². The summed E-state index contributed by atoms with van der Waals surface area (Å²) in [4.78, 5) is 16.2. The SMILES string of the molecule is CCC(=O)c1ccc(C(F)(F)F)cc1C1=NC(C)(C)CO1. The molecule has 0 saturated heterocycles. The first-order valence-electron chi connectivity index (χ1n) is 6.61. The molecule has 1 aliphatic heterocycles. The van der Waals surface area contributed by atoms with Gasteiger partial charge in [-0.15, -0.1) is 0 Å². The van der Waals surface area contributed by atoms with Gasteiger partial charge in [-0.05, 0) is 26.0 Å². The molecule has 1 aromatic rings. The van der Waals surface area contributed by atoms with Crippen LogP contribution in [0.25, 0.3) is 0 Å². The van der Waals surface area contributed by atoms with Crippen LogP contribution in [0.2, 0.25) is 0 Å². The fraction of sp³-hybridized carbons (Fsp3) is 0.467. The van der Waals surface area contributed by atoms with Gasteiger partial charge in [0.2, 0.25) is 5.90 Å². The van der Waals surface area contributed by atoms with Gasteiger partial charge in [0.05, 0.1) is 11.1 Å². The molecule has 0 radical (unpaired) electrons. The van der Waals surface area contributed by atoms with E-state index in [2.05, 4.69) is 4.99 Å². The van der Waals surface area contributed by atoms with Crippen LogP contribution in [-0.2, 0) is 10.9 Å². The van der Waals surface area contributed by atoms with Crippen LogP contribution in [0.3, 0.4) is 0 Å². The molecule has 0 fully saturated rings. The number of aliphatic imine (C=N–C) groups is 1. The van der Waals surface area contributed by atoms with Crippen LogP contribution in [0, 0.1) is 0 Å². The van der Waals surface area contributed by atoms with Crippen molar-refractivity contribution in [1.82, 2.24) is 0 Å². The highest BCUT2D eigenvalue weighted by Crippen LogP contribution is 2.32. The minimum Gasteiger partial charge on any atom is -0.475 e. The Morgan fingerprint density at radius 3 is 2.52 bits per heavy atom. The number of carbonyl (C=O) groups excluding carboxylic acids is 1. The lowest BCUT2D eigenvalue weighted by molar-refractivity contribution is -0.137. The summed E-state index contributed by atoms with van der Waals surface area (Å²) in [5, 5.41) is 0. The molecule has 6 heteroatoms. The van der Waals surface area contributed by atoms with Crippen molar-refractivity contribution in [1.29, 1.82) is 0 Å². The monoisotopic (exact) mass is 299 g/mol. The summed E-state index contributed by atoms with van der Waals surface area (Å²) >= 11 is 0. The summed E-state index contributed by atoms with van der Waals surface area (Å²) in [6.07, 6.45) is -4.27. The number of Topliss-reactive ketones (excluding diaryl/α,β-unsaturated/α-hetero) is 1. The van der Waals surface area contributed by atoms with Gasteiger partial charge in [0.15, 0.2) is 5.78 Å². The van der Waals surface area contributed by atoms with Crippen molar-refractivity contribution in [3.8, 4) is 0 Å². The Balaban J connectivity index is 2.57.